The molecule has 0 unspecified atom stereocenters. The minimum atomic E-state index is -0.176. The summed E-state index contributed by atoms with van der Waals surface area (Å²) in [5.74, 6) is 0.476. The third kappa shape index (κ3) is 2.47. The zero-order valence-electron chi connectivity index (χ0n) is 8.29. The molecular weight excluding hydrogens is 216 g/mol. The number of aromatic amines is 1. The first kappa shape index (κ1) is 10.4. The Morgan fingerprint density at radius 3 is 3.00 bits per heavy atom. The van der Waals surface area contributed by atoms with E-state index in [2.05, 4.69) is 20.7 Å². The van der Waals surface area contributed by atoms with Crippen LogP contribution in [0.15, 0.2) is 6.20 Å². The molecule has 0 radical (unpaired) electrons. The van der Waals surface area contributed by atoms with Crippen molar-refractivity contribution in [2.75, 3.05) is 12.4 Å². The van der Waals surface area contributed by atoms with Gasteiger partial charge in [0, 0.05) is 12.4 Å². The summed E-state index contributed by atoms with van der Waals surface area (Å²) in [6.07, 6.45) is 4.68. The fourth-order valence-corrected chi connectivity index (χ4v) is 1.96. The maximum absolute atomic E-state index is 11.5. The summed E-state index contributed by atoms with van der Waals surface area (Å²) < 4.78 is 0. The van der Waals surface area contributed by atoms with E-state index in [9.17, 15) is 4.79 Å². The highest BCUT2D eigenvalue weighted by molar-refractivity contribution is 6.17. The molecule has 0 aliphatic heterocycles. The predicted octanol–water partition coefficient (Wildman–Crippen LogP) is 0.944. The van der Waals surface area contributed by atoms with Gasteiger partial charge in [-0.25, -0.2) is 0 Å². The minimum Gasteiger partial charge on any atom is -0.350 e. The number of hydrogen-bond acceptors (Lipinski definition) is 3. The van der Waals surface area contributed by atoms with Crippen LogP contribution in [0, 0.1) is 5.41 Å². The van der Waals surface area contributed by atoms with E-state index in [1.807, 2.05) is 0 Å². The van der Waals surface area contributed by atoms with Crippen LogP contribution in [-0.2, 0) is 0 Å². The van der Waals surface area contributed by atoms with Crippen LogP contribution >= 0.6 is 11.6 Å². The Morgan fingerprint density at radius 1 is 1.67 bits per heavy atom. The van der Waals surface area contributed by atoms with Gasteiger partial charge in [-0.3, -0.25) is 4.79 Å². The molecule has 0 aromatic carbocycles. The van der Waals surface area contributed by atoms with Gasteiger partial charge in [-0.2, -0.15) is 15.4 Å². The van der Waals surface area contributed by atoms with Gasteiger partial charge in [-0.05, 0) is 24.7 Å². The Hall–Kier alpha value is -1.10. The zero-order chi connectivity index (χ0) is 10.7. The van der Waals surface area contributed by atoms with Gasteiger partial charge in [-0.1, -0.05) is 0 Å². The van der Waals surface area contributed by atoms with Gasteiger partial charge in [0.25, 0.3) is 5.91 Å². The van der Waals surface area contributed by atoms with E-state index in [4.69, 9.17) is 11.6 Å². The molecule has 1 aromatic rings. The van der Waals surface area contributed by atoms with Crippen molar-refractivity contribution < 1.29 is 4.79 Å². The number of carbonyl (C=O) groups is 1. The van der Waals surface area contributed by atoms with Crippen molar-refractivity contribution in [3.05, 3.63) is 11.9 Å². The smallest absolute Gasteiger partial charge is 0.273 e. The molecule has 0 bridgehead atoms. The van der Waals surface area contributed by atoms with E-state index in [1.54, 1.807) is 0 Å². The van der Waals surface area contributed by atoms with Crippen LogP contribution in [0.4, 0.5) is 0 Å². The van der Waals surface area contributed by atoms with Crippen molar-refractivity contribution in [2.24, 2.45) is 5.41 Å². The average molecular weight is 229 g/mol. The molecular formula is C9H13ClN4O. The van der Waals surface area contributed by atoms with Crippen LogP contribution in [0.5, 0.6) is 0 Å². The van der Waals surface area contributed by atoms with Crippen LogP contribution in [0.3, 0.4) is 0 Å². The molecule has 0 atom stereocenters. The van der Waals surface area contributed by atoms with Gasteiger partial charge in [0.05, 0.1) is 6.20 Å². The van der Waals surface area contributed by atoms with Crippen molar-refractivity contribution in [1.82, 2.24) is 20.7 Å². The van der Waals surface area contributed by atoms with Gasteiger partial charge in [-0.15, -0.1) is 11.6 Å². The van der Waals surface area contributed by atoms with Crippen LogP contribution in [-0.4, -0.2) is 33.7 Å². The summed E-state index contributed by atoms with van der Waals surface area (Å²) in [4.78, 5) is 11.5. The molecule has 2 rings (SSSR count). The molecule has 1 aromatic heterocycles. The summed E-state index contributed by atoms with van der Waals surface area (Å²) in [5, 5.41) is 12.5. The lowest BCUT2D eigenvalue weighted by Gasteiger charge is -2.13. The third-order valence-corrected chi connectivity index (χ3v) is 3.04. The molecule has 2 N–H and O–H groups in total. The van der Waals surface area contributed by atoms with Crippen molar-refractivity contribution in [2.45, 2.75) is 19.3 Å². The lowest BCUT2D eigenvalue weighted by Crippen LogP contribution is -2.30. The maximum atomic E-state index is 11.5. The Balaban J connectivity index is 1.81. The first-order valence-corrected chi connectivity index (χ1v) is 5.49. The Labute approximate surface area is 92.6 Å². The quantitative estimate of drug-likeness (QED) is 0.737. The molecule has 0 spiro atoms. The number of hydrogen-bond donors (Lipinski definition) is 2. The fourth-order valence-electron chi connectivity index (χ4n) is 1.56. The summed E-state index contributed by atoms with van der Waals surface area (Å²) >= 11 is 5.70. The van der Waals surface area contributed by atoms with Gasteiger partial charge in [0.2, 0.25) is 0 Å². The normalized spacial score (nSPS) is 17.4. The molecule has 0 saturated heterocycles. The number of halogens is 1. The lowest BCUT2D eigenvalue weighted by molar-refractivity contribution is 0.0939. The number of H-pyrrole nitrogens is 1. The van der Waals surface area contributed by atoms with Crippen molar-refractivity contribution in [1.29, 1.82) is 0 Å². The molecule has 15 heavy (non-hydrogen) atoms. The maximum Gasteiger partial charge on any atom is 0.273 e. The van der Waals surface area contributed by atoms with E-state index in [0.717, 1.165) is 19.3 Å². The molecule has 1 aliphatic rings. The van der Waals surface area contributed by atoms with E-state index in [0.29, 0.717) is 18.1 Å². The highest BCUT2D eigenvalue weighted by Crippen LogP contribution is 2.48. The highest BCUT2D eigenvalue weighted by Gasteiger charge is 2.41. The second-order valence-corrected chi connectivity index (χ2v) is 4.35. The van der Waals surface area contributed by atoms with Crippen molar-refractivity contribution in [3.63, 3.8) is 0 Å². The zero-order valence-corrected chi connectivity index (χ0v) is 9.05. The van der Waals surface area contributed by atoms with E-state index < -0.39 is 0 Å². The van der Waals surface area contributed by atoms with Gasteiger partial charge < -0.3 is 5.32 Å². The van der Waals surface area contributed by atoms with Crippen molar-refractivity contribution >= 4 is 17.5 Å². The highest BCUT2D eigenvalue weighted by atomic mass is 35.5. The topological polar surface area (TPSA) is 70.7 Å². The first-order chi connectivity index (χ1) is 7.26. The second kappa shape index (κ2) is 4.18. The number of aromatic nitrogens is 3. The molecule has 82 valence electrons. The number of alkyl halides is 1. The number of amides is 1. The molecule has 6 heteroatoms. The number of nitrogens with one attached hydrogen (secondary N) is 2. The van der Waals surface area contributed by atoms with E-state index in [1.165, 1.54) is 6.20 Å². The molecule has 1 aliphatic carbocycles. The third-order valence-electron chi connectivity index (χ3n) is 2.85. The number of carbonyl (C=O) groups excluding carboxylic acids is 1. The lowest BCUT2D eigenvalue weighted by atomic mass is 10.0. The van der Waals surface area contributed by atoms with Crippen molar-refractivity contribution in [3.8, 4) is 0 Å². The molecule has 1 heterocycles. The van der Waals surface area contributed by atoms with Gasteiger partial charge in [0.1, 0.15) is 0 Å². The second-order valence-electron chi connectivity index (χ2n) is 3.98. The molecule has 1 saturated carbocycles. The van der Waals surface area contributed by atoms with Crippen LogP contribution in [0.25, 0.3) is 0 Å². The largest absolute Gasteiger partial charge is 0.350 e. The molecule has 5 nitrogen and oxygen atoms in total. The van der Waals surface area contributed by atoms with E-state index in [-0.39, 0.29) is 11.3 Å². The summed E-state index contributed by atoms with van der Waals surface area (Å²) in [5.41, 5.74) is 0.581. The van der Waals surface area contributed by atoms with Gasteiger partial charge >= 0.3 is 0 Å². The summed E-state index contributed by atoms with van der Waals surface area (Å²) in [6.45, 7) is 0.686. The number of nitrogens with zero attached hydrogens (tertiary/aromatic N) is 2. The average Bonchev–Trinajstić information content (AvgIpc) is 2.81. The first-order valence-electron chi connectivity index (χ1n) is 4.96. The Morgan fingerprint density at radius 2 is 2.47 bits per heavy atom. The Bertz CT molecular complexity index is 334. The van der Waals surface area contributed by atoms with Crippen LogP contribution in [0.1, 0.15) is 29.8 Å². The predicted molar refractivity (Wildman–Crippen MR) is 55.7 cm³/mol. The van der Waals surface area contributed by atoms with Crippen LogP contribution < -0.4 is 5.32 Å². The summed E-state index contributed by atoms with van der Waals surface area (Å²) in [6, 6.07) is 0. The van der Waals surface area contributed by atoms with E-state index >= 15 is 0 Å². The minimum absolute atomic E-state index is 0.176. The standard InChI is InChI=1S/C9H13ClN4O/c10-4-3-9(1-2-9)6-11-8(15)7-5-12-14-13-7/h5H,1-4,6H2,(H,11,15)(H,12,13,14). The monoisotopic (exact) mass is 228 g/mol. The number of rotatable bonds is 5. The Kier molecular flexibility index (Phi) is 2.90. The SMILES string of the molecule is O=C(NCC1(CCCl)CC1)c1cn[nH]n1. The van der Waals surface area contributed by atoms with Gasteiger partial charge in [0.15, 0.2) is 5.69 Å². The molecule has 1 fully saturated rings. The molecule has 1 amide bonds. The van der Waals surface area contributed by atoms with Crippen LogP contribution in [0.2, 0.25) is 0 Å². The fraction of sp³-hybridized carbons (Fsp3) is 0.667. The summed E-state index contributed by atoms with van der Waals surface area (Å²) in [7, 11) is 0.